The SMILES string of the molecule is C=C[C@H]1OC(C)(C)O[C@H]1/C=C\I. The third kappa shape index (κ3) is 2.31. The molecule has 68 valence electrons. The van der Waals surface area contributed by atoms with Gasteiger partial charge in [-0.3, -0.25) is 0 Å². The molecule has 1 fully saturated rings. The van der Waals surface area contributed by atoms with Crippen molar-refractivity contribution in [1.29, 1.82) is 0 Å². The second-order valence-electron chi connectivity index (χ2n) is 3.12. The minimum absolute atomic E-state index is 0.00870. The van der Waals surface area contributed by atoms with Gasteiger partial charge in [0.2, 0.25) is 0 Å². The molecule has 1 saturated heterocycles. The quantitative estimate of drug-likeness (QED) is 0.572. The zero-order chi connectivity index (χ0) is 9.19. The van der Waals surface area contributed by atoms with Gasteiger partial charge in [-0.15, -0.1) is 6.58 Å². The second kappa shape index (κ2) is 3.89. The highest BCUT2D eigenvalue weighted by Crippen LogP contribution is 2.29. The summed E-state index contributed by atoms with van der Waals surface area (Å²) in [6.45, 7) is 7.51. The first-order valence-corrected chi connectivity index (χ1v) is 5.09. The number of ether oxygens (including phenoxy) is 2. The first kappa shape index (κ1) is 10.2. The Bertz CT molecular complexity index is 199. The molecule has 1 aliphatic heterocycles. The standard InChI is InChI=1S/C9H13IO2/c1-4-7-8(5-6-10)12-9(2,3)11-7/h4-8H,1H2,2-3H3/b6-5-/t7-,8+/m1/s1. The highest BCUT2D eigenvalue weighted by molar-refractivity contribution is 14.1. The van der Waals surface area contributed by atoms with E-state index in [1.165, 1.54) is 0 Å². The van der Waals surface area contributed by atoms with Gasteiger partial charge < -0.3 is 9.47 Å². The van der Waals surface area contributed by atoms with Gasteiger partial charge in [0, 0.05) is 0 Å². The summed E-state index contributed by atoms with van der Waals surface area (Å²) in [4.78, 5) is 0. The van der Waals surface area contributed by atoms with Gasteiger partial charge >= 0.3 is 0 Å². The summed E-state index contributed by atoms with van der Waals surface area (Å²) in [6, 6.07) is 0. The summed E-state index contributed by atoms with van der Waals surface area (Å²) in [5.74, 6) is -0.486. The molecule has 0 amide bonds. The maximum absolute atomic E-state index is 5.61. The number of halogens is 1. The molecule has 0 spiro atoms. The summed E-state index contributed by atoms with van der Waals surface area (Å²) in [6.07, 6.45) is 3.73. The smallest absolute Gasteiger partial charge is 0.164 e. The molecule has 0 saturated carbocycles. The predicted octanol–water partition coefficient (Wildman–Crippen LogP) is 2.64. The van der Waals surface area contributed by atoms with E-state index in [-0.39, 0.29) is 12.2 Å². The zero-order valence-electron chi connectivity index (χ0n) is 7.29. The molecule has 1 aliphatic rings. The molecule has 2 nitrogen and oxygen atoms in total. The van der Waals surface area contributed by atoms with Crippen LogP contribution in [0.4, 0.5) is 0 Å². The highest BCUT2D eigenvalue weighted by atomic mass is 127. The monoisotopic (exact) mass is 280 g/mol. The Balaban J connectivity index is 2.69. The van der Waals surface area contributed by atoms with Crippen molar-refractivity contribution in [3.8, 4) is 0 Å². The molecule has 2 atom stereocenters. The van der Waals surface area contributed by atoms with E-state index < -0.39 is 5.79 Å². The van der Waals surface area contributed by atoms with Crippen LogP contribution in [0.1, 0.15) is 13.8 Å². The van der Waals surface area contributed by atoms with Crippen LogP contribution in [0.5, 0.6) is 0 Å². The van der Waals surface area contributed by atoms with Crippen LogP contribution < -0.4 is 0 Å². The molecular formula is C9H13IO2. The van der Waals surface area contributed by atoms with Crippen molar-refractivity contribution in [1.82, 2.24) is 0 Å². The predicted molar refractivity (Wildman–Crippen MR) is 57.2 cm³/mol. The molecule has 0 radical (unpaired) electrons. The average Bonchev–Trinajstić information content (AvgIpc) is 2.26. The Morgan fingerprint density at radius 3 is 2.42 bits per heavy atom. The fourth-order valence-electron chi connectivity index (χ4n) is 1.22. The van der Waals surface area contributed by atoms with Crippen LogP contribution in [0, 0.1) is 0 Å². The van der Waals surface area contributed by atoms with Crippen LogP contribution in [0.15, 0.2) is 22.8 Å². The average molecular weight is 280 g/mol. The minimum Gasteiger partial charge on any atom is -0.340 e. The van der Waals surface area contributed by atoms with Crippen molar-refractivity contribution in [2.75, 3.05) is 0 Å². The summed E-state index contributed by atoms with van der Waals surface area (Å²) >= 11 is 2.16. The molecule has 0 aliphatic carbocycles. The summed E-state index contributed by atoms with van der Waals surface area (Å²) in [5, 5.41) is 0. The summed E-state index contributed by atoms with van der Waals surface area (Å²) in [7, 11) is 0. The van der Waals surface area contributed by atoms with E-state index in [1.807, 2.05) is 24.0 Å². The zero-order valence-corrected chi connectivity index (χ0v) is 9.45. The first-order chi connectivity index (χ1) is 5.59. The van der Waals surface area contributed by atoms with Gasteiger partial charge in [0.15, 0.2) is 5.79 Å². The largest absolute Gasteiger partial charge is 0.340 e. The topological polar surface area (TPSA) is 18.5 Å². The Kier molecular flexibility index (Phi) is 3.31. The van der Waals surface area contributed by atoms with Crippen molar-refractivity contribution in [2.45, 2.75) is 31.8 Å². The van der Waals surface area contributed by atoms with E-state index in [0.717, 1.165) is 0 Å². The lowest BCUT2D eigenvalue weighted by Crippen LogP contribution is -2.20. The maximum Gasteiger partial charge on any atom is 0.164 e. The lowest BCUT2D eigenvalue weighted by atomic mass is 10.2. The van der Waals surface area contributed by atoms with Crippen molar-refractivity contribution in [2.24, 2.45) is 0 Å². The van der Waals surface area contributed by atoms with Crippen LogP contribution in [0.2, 0.25) is 0 Å². The summed E-state index contributed by atoms with van der Waals surface area (Å²) < 4.78 is 13.1. The molecular weight excluding hydrogens is 267 g/mol. The molecule has 0 aromatic rings. The molecule has 0 unspecified atom stereocenters. The van der Waals surface area contributed by atoms with Crippen LogP contribution in [0.25, 0.3) is 0 Å². The van der Waals surface area contributed by atoms with E-state index in [2.05, 4.69) is 29.2 Å². The number of rotatable bonds is 2. The fourth-order valence-corrected chi connectivity index (χ4v) is 1.63. The van der Waals surface area contributed by atoms with E-state index in [9.17, 15) is 0 Å². The van der Waals surface area contributed by atoms with Crippen molar-refractivity contribution >= 4 is 22.6 Å². The van der Waals surface area contributed by atoms with Gasteiger partial charge in [-0.1, -0.05) is 28.7 Å². The molecule has 3 heteroatoms. The molecule has 1 heterocycles. The number of hydrogen-bond acceptors (Lipinski definition) is 2. The molecule has 0 N–H and O–H groups in total. The van der Waals surface area contributed by atoms with Crippen LogP contribution >= 0.6 is 22.6 Å². The third-order valence-electron chi connectivity index (χ3n) is 1.66. The molecule has 0 aromatic carbocycles. The lowest BCUT2D eigenvalue weighted by Gasteiger charge is -2.15. The Morgan fingerprint density at radius 2 is 1.92 bits per heavy atom. The van der Waals surface area contributed by atoms with Crippen molar-refractivity contribution in [3.05, 3.63) is 22.8 Å². The molecule has 0 aromatic heterocycles. The normalized spacial score (nSPS) is 34.2. The Hall–Kier alpha value is 0.130. The lowest BCUT2D eigenvalue weighted by molar-refractivity contribution is -0.138. The van der Waals surface area contributed by atoms with Crippen LogP contribution in [-0.4, -0.2) is 18.0 Å². The van der Waals surface area contributed by atoms with Gasteiger partial charge in [0.25, 0.3) is 0 Å². The highest BCUT2D eigenvalue weighted by Gasteiger charge is 2.37. The van der Waals surface area contributed by atoms with Gasteiger partial charge in [0.1, 0.15) is 12.2 Å². The van der Waals surface area contributed by atoms with E-state index in [4.69, 9.17) is 9.47 Å². The number of hydrogen-bond donors (Lipinski definition) is 0. The fraction of sp³-hybridized carbons (Fsp3) is 0.556. The second-order valence-corrected chi connectivity index (χ2v) is 3.84. The van der Waals surface area contributed by atoms with E-state index in [0.29, 0.717) is 0 Å². The van der Waals surface area contributed by atoms with Crippen LogP contribution in [-0.2, 0) is 9.47 Å². The van der Waals surface area contributed by atoms with E-state index >= 15 is 0 Å². The van der Waals surface area contributed by atoms with Gasteiger partial charge in [-0.2, -0.15) is 0 Å². The van der Waals surface area contributed by atoms with Gasteiger partial charge in [0.05, 0.1) is 0 Å². The molecule has 12 heavy (non-hydrogen) atoms. The molecule has 0 bridgehead atoms. The first-order valence-electron chi connectivity index (χ1n) is 3.84. The minimum atomic E-state index is -0.486. The maximum atomic E-state index is 5.61. The Morgan fingerprint density at radius 1 is 1.33 bits per heavy atom. The van der Waals surface area contributed by atoms with Crippen molar-refractivity contribution < 1.29 is 9.47 Å². The third-order valence-corrected chi connectivity index (χ3v) is 2.07. The van der Waals surface area contributed by atoms with E-state index in [1.54, 1.807) is 6.08 Å². The summed E-state index contributed by atoms with van der Waals surface area (Å²) in [5.41, 5.74) is 0. The van der Waals surface area contributed by atoms with Crippen molar-refractivity contribution in [3.63, 3.8) is 0 Å². The van der Waals surface area contributed by atoms with Gasteiger partial charge in [-0.05, 0) is 24.0 Å². The molecule has 1 rings (SSSR count). The van der Waals surface area contributed by atoms with Crippen LogP contribution in [0.3, 0.4) is 0 Å². The van der Waals surface area contributed by atoms with Gasteiger partial charge in [-0.25, -0.2) is 0 Å². The Labute approximate surface area is 86.8 Å².